The summed E-state index contributed by atoms with van der Waals surface area (Å²) in [5.41, 5.74) is 0.186. The van der Waals surface area contributed by atoms with E-state index in [2.05, 4.69) is 10.2 Å². The molecule has 0 bridgehead atoms. The molecule has 0 aliphatic carbocycles. The van der Waals surface area contributed by atoms with E-state index in [9.17, 15) is 9.59 Å². The second kappa shape index (κ2) is 7.64. The van der Waals surface area contributed by atoms with E-state index < -0.39 is 5.97 Å². The molecule has 0 aromatic heterocycles. The van der Waals surface area contributed by atoms with Crippen LogP contribution in [0.4, 0.5) is 0 Å². The highest BCUT2D eigenvalue weighted by molar-refractivity contribution is 5.88. The molecule has 0 unspecified atom stereocenters. The van der Waals surface area contributed by atoms with E-state index in [0.29, 0.717) is 25.4 Å². The first-order valence-corrected chi connectivity index (χ1v) is 7.10. The third-order valence-electron chi connectivity index (χ3n) is 3.34. The van der Waals surface area contributed by atoms with Crippen LogP contribution in [0, 0.1) is 0 Å². The minimum atomic E-state index is -0.987. The fourth-order valence-corrected chi connectivity index (χ4v) is 2.28. The molecule has 2 rings (SSSR count). The number of carboxylic acids is 1. The fraction of sp³-hybridized carbons (Fsp3) is 0.467. The lowest BCUT2D eigenvalue weighted by atomic mass is 10.2. The van der Waals surface area contributed by atoms with Crippen molar-refractivity contribution in [3.05, 3.63) is 29.8 Å². The van der Waals surface area contributed by atoms with E-state index in [1.807, 2.05) is 0 Å². The number of likely N-dealkylation sites (tertiary alicyclic amines) is 1. The summed E-state index contributed by atoms with van der Waals surface area (Å²) in [5, 5.41) is 11.7. The van der Waals surface area contributed by atoms with E-state index in [1.165, 1.54) is 12.1 Å². The average molecular weight is 292 g/mol. The Hall–Kier alpha value is -2.08. The predicted octanol–water partition coefficient (Wildman–Crippen LogP) is 0.976. The summed E-state index contributed by atoms with van der Waals surface area (Å²) in [6, 6.07) is 6.30. The molecule has 1 aliphatic rings. The highest BCUT2D eigenvalue weighted by Gasteiger charge is 2.14. The maximum atomic E-state index is 11.7. The van der Waals surface area contributed by atoms with Gasteiger partial charge in [0, 0.05) is 0 Å². The average Bonchev–Trinajstić information content (AvgIpc) is 2.97. The number of benzene rings is 1. The zero-order chi connectivity index (χ0) is 15.1. The van der Waals surface area contributed by atoms with Gasteiger partial charge in [-0.05, 0) is 44.1 Å². The van der Waals surface area contributed by atoms with Gasteiger partial charge in [-0.1, -0.05) is 6.07 Å². The topological polar surface area (TPSA) is 78.9 Å². The highest BCUT2D eigenvalue weighted by atomic mass is 16.5. The molecule has 0 spiro atoms. The van der Waals surface area contributed by atoms with Crippen LogP contribution in [0.5, 0.6) is 5.75 Å². The summed E-state index contributed by atoms with van der Waals surface area (Å²) in [7, 11) is 0. The van der Waals surface area contributed by atoms with Gasteiger partial charge in [-0.2, -0.15) is 0 Å². The number of carbonyl (C=O) groups excluding carboxylic acids is 1. The first-order valence-electron chi connectivity index (χ1n) is 7.10. The zero-order valence-electron chi connectivity index (χ0n) is 11.9. The number of ether oxygens (including phenoxy) is 1. The largest absolute Gasteiger partial charge is 0.492 e. The molecule has 2 N–H and O–H groups in total. The summed E-state index contributed by atoms with van der Waals surface area (Å²) in [6.07, 6.45) is 2.33. The van der Waals surface area contributed by atoms with Crippen LogP contribution in [-0.2, 0) is 4.79 Å². The van der Waals surface area contributed by atoms with Crippen LogP contribution >= 0.6 is 0 Å². The van der Waals surface area contributed by atoms with Crippen molar-refractivity contribution in [1.29, 1.82) is 0 Å². The molecule has 1 saturated heterocycles. The Kier molecular flexibility index (Phi) is 5.57. The molecular formula is C15H20N2O4. The Bertz CT molecular complexity index is 498. The summed E-state index contributed by atoms with van der Waals surface area (Å²) >= 11 is 0. The number of nitrogens with one attached hydrogen (secondary N) is 1. The summed E-state index contributed by atoms with van der Waals surface area (Å²) in [6.45, 7) is 3.14. The number of rotatable bonds is 7. The lowest BCUT2D eigenvalue weighted by Gasteiger charge is -2.14. The van der Waals surface area contributed by atoms with Crippen LogP contribution in [0.2, 0.25) is 0 Å². The van der Waals surface area contributed by atoms with Crippen molar-refractivity contribution in [2.24, 2.45) is 0 Å². The first kappa shape index (κ1) is 15.3. The monoisotopic (exact) mass is 292 g/mol. The predicted molar refractivity (Wildman–Crippen MR) is 77.6 cm³/mol. The van der Waals surface area contributed by atoms with Crippen molar-refractivity contribution in [3.63, 3.8) is 0 Å². The van der Waals surface area contributed by atoms with Crippen molar-refractivity contribution < 1.29 is 19.4 Å². The number of hydrogen-bond donors (Lipinski definition) is 2. The van der Waals surface area contributed by atoms with Gasteiger partial charge < -0.3 is 15.2 Å². The molecule has 1 heterocycles. The number of carboxylic acid groups (broad SMARTS) is 1. The van der Waals surface area contributed by atoms with Crippen molar-refractivity contribution in [1.82, 2.24) is 10.2 Å². The van der Waals surface area contributed by atoms with Crippen LogP contribution in [0.15, 0.2) is 24.3 Å². The fourth-order valence-electron chi connectivity index (χ4n) is 2.28. The summed E-state index contributed by atoms with van der Waals surface area (Å²) < 4.78 is 5.43. The highest BCUT2D eigenvalue weighted by Crippen LogP contribution is 2.12. The van der Waals surface area contributed by atoms with Gasteiger partial charge >= 0.3 is 5.97 Å². The Morgan fingerprint density at radius 1 is 1.29 bits per heavy atom. The minimum Gasteiger partial charge on any atom is -0.492 e. The van der Waals surface area contributed by atoms with Crippen LogP contribution in [0.25, 0.3) is 0 Å². The lowest BCUT2D eigenvalue weighted by molar-refractivity contribution is -0.122. The smallest absolute Gasteiger partial charge is 0.335 e. The van der Waals surface area contributed by atoms with Crippen molar-refractivity contribution in [2.75, 3.05) is 32.8 Å². The van der Waals surface area contributed by atoms with Gasteiger partial charge in [0.1, 0.15) is 12.4 Å². The van der Waals surface area contributed by atoms with Crippen LogP contribution in [0.1, 0.15) is 23.2 Å². The number of carbonyl (C=O) groups is 2. The number of hydrogen-bond acceptors (Lipinski definition) is 4. The second-order valence-corrected chi connectivity index (χ2v) is 5.01. The molecule has 0 saturated carbocycles. The second-order valence-electron chi connectivity index (χ2n) is 5.01. The number of amides is 1. The molecule has 114 valence electrons. The van der Waals surface area contributed by atoms with Crippen LogP contribution in [0.3, 0.4) is 0 Å². The Labute approximate surface area is 123 Å². The van der Waals surface area contributed by atoms with Crippen LogP contribution < -0.4 is 10.1 Å². The van der Waals surface area contributed by atoms with Gasteiger partial charge in [0.05, 0.1) is 18.7 Å². The van der Waals surface area contributed by atoms with E-state index in [1.54, 1.807) is 12.1 Å². The molecule has 1 aromatic carbocycles. The molecule has 1 amide bonds. The van der Waals surface area contributed by atoms with E-state index >= 15 is 0 Å². The Morgan fingerprint density at radius 2 is 2.05 bits per heavy atom. The third kappa shape index (κ3) is 5.07. The van der Waals surface area contributed by atoms with Gasteiger partial charge in [0.2, 0.25) is 5.91 Å². The van der Waals surface area contributed by atoms with Gasteiger partial charge in [-0.15, -0.1) is 0 Å². The molecule has 6 heteroatoms. The summed E-state index contributed by atoms with van der Waals surface area (Å²) in [4.78, 5) is 24.6. The Morgan fingerprint density at radius 3 is 2.76 bits per heavy atom. The number of aromatic carboxylic acids is 1. The standard InChI is InChI=1S/C15H20N2O4/c18-14(11-17-7-1-2-8-17)16-6-9-21-13-5-3-4-12(10-13)15(19)20/h3-5,10H,1-2,6-9,11H2,(H,16,18)(H,19,20). The minimum absolute atomic E-state index is 0.000198. The van der Waals surface area contributed by atoms with E-state index in [-0.39, 0.29) is 11.5 Å². The quantitative estimate of drug-likeness (QED) is 0.732. The van der Waals surface area contributed by atoms with E-state index in [4.69, 9.17) is 9.84 Å². The molecule has 0 atom stereocenters. The van der Waals surface area contributed by atoms with Crippen molar-refractivity contribution >= 4 is 11.9 Å². The van der Waals surface area contributed by atoms with Crippen molar-refractivity contribution in [2.45, 2.75) is 12.8 Å². The lowest BCUT2D eigenvalue weighted by Crippen LogP contribution is -2.37. The van der Waals surface area contributed by atoms with Gasteiger partial charge in [-0.25, -0.2) is 4.79 Å². The molecular weight excluding hydrogens is 272 g/mol. The molecule has 21 heavy (non-hydrogen) atoms. The van der Waals surface area contributed by atoms with Gasteiger partial charge in [0.15, 0.2) is 0 Å². The maximum absolute atomic E-state index is 11.7. The first-order chi connectivity index (χ1) is 10.1. The number of nitrogens with zero attached hydrogens (tertiary/aromatic N) is 1. The van der Waals surface area contributed by atoms with Gasteiger partial charge in [0.25, 0.3) is 0 Å². The molecule has 6 nitrogen and oxygen atoms in total. The molecule has 1 aliphatic heterocycles. The Balaban J connectivity index is 1.66. The maximum Gasteiger partial charge on any atom is 0.335 e. The zero-order valence-corrected chi connectivity index (χ0v) is 11.9. The molecule has 1 aromatic rings. The van der Waals surface area contributed by atoms with E-state index in [0.717, 1.165) is 25.9 Å². The summed E-state index contributed by atoms with van der Waals surface area (Å²) in [5.74, 6) is -0.497. The molecule has 0 radical (unpaired) electrons. The molecule has 1 fully saturated rings. The SMILES string of the molecule is O=C(CN1CCCC1)NCCOc1cccc(C(=O)O)c1. The van der Waals surface area contributed by atoms with Crippen molar-refractivity contribution in [3.8, 4) is 5.75 Å². The third-order valence-corrected chi connectivity index (χ3v) is 3.34. The van der Waals surface area contributed by atoms with Crippen LogP contribution in [-0.4, -0.2) is 54.7 Å². The van der Waals surface area contributed by atoms with Gasteiger partial charge in [-0.3, -0.25) is 9.69 Å². The normalized spacial score (nSPS) is 14.9.